The quantitative estimate of drug-likeness (QED) is 0.635. The van der Waals surface area contributed by atoms with E-state index in [2.05, 4.69) is 10.6 Å². The van der Waals surface area contributed by atoms with Gasteiger partial charge in [0.1, 0.15) is 5.54 Å². The predicted molar refractivity (Wildman–Crippen MR) is 106 cm³/mol. The number of imide groups is 1. The summed E-state index contributed by atoms with van der Waals surface area (Å²) in [5.41, 5.74) is 4.25. The van der Waals surface area contributed by atoms with Crippen LogP contribution >= 0.6 is 11.6 Å². The smallest absolute Gasteiger partial charge is 0.250 e. The number of halogens is 1. The number of carbonyl (C=O) groups excluding carboxylic acids is 4. The van der Waals surface area contributed by atoms with Crippen LogP contribution in [0.2, 0.25) is 5.02 Å². The minimum absolute atomic E-state index is 0.0397. The number of nitrogens with two attached hydrogens (primary N) is 1. The fourth-order valence-corrected chi connectivity index (χ4v) is 5.15. The highest BCUT2D eigenvalue weighted by atomic mass is 35.5. The molecule has 0 aromatic heterocycles. The molecular weight excluding hydrogens is 396 g/mol. The number of benzene rings is 1. The number of fused-ring (bicyclic) bond motifs is 4. The van der Waals surface area contributed by atoms with E-state index in [0.29, 0.717) is 16.3 Å². The molecule has 0 unspecified atom stereocenters. The van der Waals surface area contributed by atoms with Gasteiger partial charge in [-0.05, 0) is 45.4 Å². The minimum atomic E-state index is -1.42. The molecule has 0 bridgehead atoms. The van der Waals surface area contributed by atoms with Crippen molar-refractivity contribution in [1.82, 2.24) is 10.2 Å². The van der Waals surface area contributed by atoms with Gasteiger partial charge in [0.05, 0.1) is 11.8 Å². The van der Waals surface area contributed by atoms with Gasteiger partial charge in [0.15, 0.2) is 0 Å². The molecule has 154 valence electrons. The monoisotopic (exact) mass is 418 g/mol. The van der Waals surface area contributed by atoms with Crippen molar-refractivity contribution in [3.05, 3.63) is 28.8 Å². The number of rotatable bonds is 3. The number of nitrogens with one attached hydrogen (secondary N) is 2. The Morgan fingerprint density at radius 1 is 1.24 bits per heavy atom. The molecule has 2 fully saturated rings. The van der Waals surface area contributed by atoms with Crippen molar-refractivity contribution < 1.29 is 19.2 Å². The fraction of sp³-hybridized carbons (Fsp3) is 0.500. The second-order valence-corrected chi connectivity index (χ2v) is 9.33. The zero-order valence-corrected chi connectivity index (χ0v) is 17.2. The van der Waals surface area contributed by atoms with Gasteiger partial charge in [0.25, 0.3) is 0 Å². The third-order valence-corrected chi connectivity index (χ3v) is 6.28. The van der Waals surface area contributed by atoms with Crippen molar-refractivity contribution in [2.24, 2.45) is 17.6 Å². The molecule has 8 nitrogen and oxygen atoms in total. The van der Waals surface area contributed by atoms with Crippen LogP contribution in [0, 0.1) is 11.8 Å². The first-order valence-electron chi connectivity index (χ1n) is 9.54. The first-order valence-corrected chi connectivity index (χ1v) is 9.91. The van der Waals surface area contributed by atoms with E-state index in [0.717, 1.165) is 0 Å². The summed E-state index contributed by atoms with van der Waals surface area (Å²) in [6.07, 6.45) is 0.288. The zero-order chi connectivity index (χ0) is 21.3. The Morgan fingerprint density at radius 2 is 1.93 bits per heavy atom. The lowest BCUT2D eigenvalue weighted by atomic mass is 9.76. The summed E-state index contributed by atoms with van der Waals surface area (Å²) in [7, 11) is 0. The molecule has 3 heterocycles. The van der Waals surface area contributed by atoms with Gasteiger partial charge in [0, 0.05) is 34.3 Å². The Hall–Kier alpha value is -2.45. The number of anilines is 1. The molecule has 0 radical (unpaired) electrons. The molecule has 29 heavy (non-hydrogen) atoms. The van der Waals surface area contributed by atoms with Gasteiger partial charge in [-0.25, -0.2) is 0 Å². The van der Waals surface area contributed by atoms with Crippen LogP contribution in [0.5, 0.6) is 0 Å². The summed E-state index contributed by atoms with van der Waals surface area (Å²) in [5.74, 6) is -3.33. The van der Waals surface area contributed by atoms with E-state index in [1.54, 1.807) is 39.0 Å². The predicted octanol–water partition coefficient (Wildman–Crippen LogP) is 1.12. The Bertz CT molecular complexity index is 956. The van der Waals surface area contributed by atoms with Crippen molar-refractivity contribution >= 4 is 40.9 Å². The maximum atomic E-state index is 13.5. The van der Waals surface area contributed by atoms with E-state index in [1.165, 1.54) is 4.90 Å². The van der Waals surface area contributed by atoms with E-state index >= 15 is 0 Å². The van der Waals surface area contributed by atoms with Crippen LogP contribution in [0.25, 0.3) is 0 Å². The van der Waals surface area contributed by atoms with E-state index < -0.39 is 46.7 Å². The lowest BCUT2D eigenvalue weighted by Gasteiger charge is -2.34. The summed E-state index contributed by atoms with van der Waals surface area (Å²) in [4.78, 5) is 52.6. The SMILES string of the molecule is CC(C)(C)N1C(=O)[C@@H]2[C@H](CCC(N)=O)N[C@]3(C(=O)Nc4ccc(Cl)cc43)[C@@H]2C1=O. The molecule has 1 aromatic rings. The summed E-state index contributed by atoms with van der Waals surface area (Å²) < 4.78 is 0. The minimum Gasteiger partial charge on any atom is -0.370 e. The number of hydrogen-bond acceptors (Lipinski definition) is 5. The van der Waals surface area contributed by atoms with Gasteiger partial charge in [-0.2, -0.15) is 0 Å². The molecule has 4 amide bonds. The number of hydrogen-bond donors (Lipinski definition) is 3. The van der Waals surface area contributed by atoms with Gasteiger partial charge < -0.3 is 11.1 Å². The molecule has 0 aliphatic carbocycles. The maximum Gasteiger partial charge on any atom is 0.250 e. The Labute approximate surface area is 173 Å². The Kier molecular flexibility index (Phi) is 4.29. The molecule has 9 heteroatoms. The summed E-state index contributed by atoms with van der Waals surface area (Å²) in [5, 5.41) is 6.47. The summed E-state index contributed by atoms with van der Waals surface area (Å²) >= 11 is 6.19. The second kappa shape index (κ2) is 6.27. The van der Waals surface area contributed by atoms with Crippen molar-refractivity contribution in [2.75, 3.05) is 5.32 Å². The number of carbonyl (C=O) groups is 4. The van der Waals surface area contributed by atoms with Gasteiger partial charge in [-0.15, -0.1) is 0 Å². The second-order valence-electron chi connectivity index (χ2n) is 8.89. The highest BCUT2D eigenvalue weighted by Crippen LogP contribution is 2.54. The molecule has 0 saturated carbocycles. The number of likely N-dealkylation sites (tertiary alicyclic amines) is 1. The first kappa shape index (κ1) is 19.8. The van der Waals surface area contributed by atoms with E-state index in [9.17, 15) is 19.2 Å². The van der Waals surface area contributed by atoms with Crippen LogP contribution in [0.4, 0.5) is 5.69 Å². The van der Waals surface area contributed by atoms with Crippen LogP contribution in [-0.4, -0.2) is 40.1 Å². The topological polar surface area (TPSA) is 122 Å². The van der Waals surface area contributed by atoms with Gasteiger partial charge in [-0.3, -0.25) is 29.4 Å². The molecule has 4 atom stereocenters. The lowest BCUT2D eigenvalue weighted by molar-refractivity contribution is -0.148. The summed E-state index contributed by atoms with van der Waals surface area (Å²) in [6.45, 7) is 5.34. The zero-order valence-electron chi connectivity index (χ0n) is 16.4. The largest absolute Gasteiger partial charge is 0.370 e. The Morgan fingerprint density at radius 3 is 2.55 bits per heavy atom. The molecule has 4 rings (SSSR count). The van der Waals surface area contributed by atoms with Gasteiger partial charge in [-0.1, -0.05) is 11.6 Å². The van der Waals surface area contributed by atoms with Crippen molar-refractivity contribution in [1.29, 1.82) is 0 Å². The molecule has 3 aliphatic heterocycles. The van der Waals surface area contributed by atoms with Crippen molar-refractivity contribution in [2.45, 2.75) is 50.7 Å². The Balaban J connectivity index is 1.88. The summed E-state index contributed by atoms with van der Waals surface area (Å²) in [6, 6.07) is 4.43. The third-order valence-electron chi connectivity index (χ3n) is 6.05. The van der Waals surface area contributed by atoms with Crippen LogP contribution in [-0.2, 0) is 24.7 Å². The standard InChI is InChI=1S/C20H23ClN4O4/c1-19(2,3)25-16(27)14-12(6-7-13(22)26)24-20(15(14)17(25)28)10-8-9(21)4-5-11(10)23-18(20)29/h4-5,8,12,14-15,24H,6-7H2,1-3H3,(H2,22,26)(H,23,29)/t12-,14+,15-,20-/m0/s1. The molecule has 3 aliphatic rings. The van der Waals surface area contributed by atoms with Crippen molar-refractivity contribution in [3.63, 3.8) is 0 Å². The van der Waals surface area contributed by atoms with Gasteiger partial charge in [0.2, 0.25) is 23.6 Å². The normalized spacial score (nSPS) is 30.7. The first-order chi connectivity index (χ1) is 13.5. The van der Waals surface area contributed by atoms with E-state index in [-0.39, 0.29) is 18.7 Å². The molecule has 4 N–H and O–H groups in total. The number of amides is 4. The van der Waals surface area contributed by atoms with Gasteiger partial charge >= 0.3 is 0 Å². The molecule has 1 spiro atoms. The average Bonchev–Trinajstić information content (AvgIpc) is 3.18. The van der Waals surface area contributed by atoms with Crippen LogP contribution in [0.3, 0.4) is 0 Å². The fourth-order valence-electron chi connectivity index (χ4n) is 4.98. The molecular formula is C20H23ClN4O4. The maximum absolute atomic E-state index is 13.5. The third kappa shape index (κ3) is 2.69. The average molecular weight is 419 g/mol. The van der Waals surface area contributed by atoms with E-state index in [1.807, 2.05) is 0 Å². The number of primary amides is 1. The highest BCUT2D eigenvalue weighted by molar-refractivity contribution is 6.31. The molecule has 2 saturated heterocycles. The number of nitrogens with zero attached hydrogens (tertiary/aromatic N) is 1. The van der Waals surface area contributed by atoms with Crippen LogP contribution < -0.4 is 16.4 Å². The lowest BCUT2D eigenvalue weighted by Crippen LogP contribution is -2.55. The van der Waals surface area contributed by atoms with Crippen LogP contribution in [0.15, 0.2) is 18.2 Å². The van der Waals surface area contributed by atoms with Crippen LogP contribution in [0.1, 0.15) is 39.2 Å². The highest BCUT2D eigenvalue weighted by Gasteiger charge is 2.71. The van der Waals surface area contributed by atoms with Crippen molar-refractivity contribution in [3.8, 4) is 0 Å². The van der Waals surface area contributed by atoms with E-state index in [4.69, 9.17) is 17.3 Å². The molecule has 1 aromatic carbocycles.